The highest BCUT2D eigenvalue weighted by Gasteiger charge is 2.16. The van der Waals surface area contributed by atoms with Gasteiger partial charge in [-0.05, 0) is 42.2 Å². The Morgan fingerprint density at radius 3 is 2.83 bits per heavy atom. The number of carbonyl (C=O) groups is 1. The van der Waals surface area contributed by atoms with Gasteiger partial charge < -0.3 is 14.8 Å². The number of nitrogens with one attached hydrogen (secondary N) is 1. The van der Waals surface area contributed by atoms with Gasteiger partial charge in [0.05, 0.1) is 12.6 Å². The molecule has 1 amide bonds. The van der Waals surface area contributed by atoms with Crippen molar-refractivity contribution in [1.82, 2.24) is 20.1 Å². The number of ether oxygens (including phenoxy) is 2. The van der Waals surface area contributed by atoms with E-state index in [9.17, 15) is 4.79 Å². The van der Waals surface area contributed by atoms with Crippen LogP contribution in [-0.4, -0.2) is 40.0 Å². The Bertz CT molecular complexity index is 919. The van der Waals surface area contributed by atoms with Crippen molar-refractivity contribution >= 4 is 5.91 Å². The molecule has 1 fully saturated rings. The van der Waals surface area contributed by atoms with E-state index in [1.165, 1.54) is 6.33 Å². The molecule has 4 rings (SSSR count). The van der Waals surface area contributed by atoms with Crippen LogP contribution in [0.3, 0.4) is 0 Å². The lowest BCUT2D eigenvalue weighted by molar-refractivity contribution is 0.0679. The van der Waals surface area contributed by atoms with Crippen molar-refractivity contribution in [3.05, 3.63) is 77.9 Å². The van der Waals surface area contributed by atoms with E-state index >= 15 is 0 Å². The van der Waals surface area contributed by atoms with Crippen LogP contribution in [-0.2, 0) is 17.8 Å². The summed E-state index contributed by atoms with van der Waals surface area (Å²) in [5.74, 6) is 0.560. The minimum absolute atomic E-state index is 0.126. The topological polar surface area (TPSA) is 78.3 Å². The minimum Gasteiger partial charge on any atom is -0.491 e. The molecule has 1 aliphatic heterocycles. The number of aromatic nitrogens is 3. The number of rotatable bonds is 8. The second-order valence-corrected chi connectivity index (χ2v) is 7.07. The molecule has 0 aliphatic carbocycles. The summed E-state index contributed by atoms with van der Waals surface area (Å²) in [6, 6.07) is 15.3. The first kappa shape index (κ1) is 19.1. The van der Waals surface area contributed by atoms with Gasteiger partial charge in [-0.2, -0.15) is 5.10 Å². The van der Waals surface area contributed by atoms with Crippen LogP contribution in [0.15, 0.2) is 61.2 Å². The van der Waals surface area contributed by atoms with Crippen molar-refractivity contribution in [2.45, 2.75) is 32.0 Å². The van der Waals surface area contributed by atoms with E-state index in [1.54, 1.807) is 23.1 Å². The SMILES string of the molecule is O=C(NCc1ccc(Cn2cncn2)cc1)c1cccc(OCC2CCCO2)c1. The number of benzene rings is 2. The average Bonchev–Trinajstić information content (AvgIpc) is 3.46. The summed E-state index contributed by atoms with van der Waals surface area (Å²) < 4.78 is 13.1. The van der Waals surface area contributed by atoms with E-state index in [4.69, 9.17) is 9.47 Å². The number of hydrogen-bond donors (Lipinski definition) is 1. The van der Waals surface area contributed by atoms with Gasteiger partial charge in [0, 0.05) is 18.7 Å². The molecule has 0 spiro atoms. The van der Waals surface area contributed by atoms with Gasteiger partial charge in [-0.3, -0.25) is 4.79 Å². The van der Waals surface area contributed by atoms with Crippen molar-refractivity contribution in [1.29, 1.82) is 0 Å². The van der Waals surface area contributed by atoms with E-state index in [0.29, 0.717) is 31.0 Å². The quantitative estimate of drug-likeness (QED) is 0.638. The minimum atomic E-state index is -0.126. The van der Waals surface area contributed by atoms with Gasteiger partial charge >= 0.3 is 0 Å². The summed E-state index contributed by atoms with van der Waals surface area (Å²) in [6.45, 7) is 2.46. The molecule has 0 saturated carbocycles. The maximum atomic E-state index is 12.5. The zero-order valence-electron chi connectivity index (χ0n) is 16.2. The van der Waals surface area contributed by atoms with Gasteiger partial charge in [0.1, 0.15) is 25.0 Å². The molecule has 1 atom stereocenters. The summed E-state index contributed by atoms with van der Waals surface area (Å²) >= 11 is 0. The van der Waals surface area contributed by atoms with Crippen LogP contribution in [0.5, 0.6) is 5.75 Å². The molecule has 29 heavy (non-hydrogen) atoms. The summed E-state index contributed by atoms with van der Waals surface area (Å²) in [7, 11) is 0. The molecular weight excluding hydrogens is 368 g/mol. The standard InChI is InChI=1S/C22H24N4O3/c27-22(19-3-1-4-20(11-19)29-14-21-5-2-10-28-21)24-12-17-6-8-18(9-7-17)13-26-16-23-15-25-26/h1,3-4,6-9,11,15-16,21H,2,5,10,12-14H2,(H,24,27). The number of nitrogens with zero attached hydrogens (tertiary/aromatic N) is 3. The fraction of sp³-hybridized carbons (Fsp3) is 0.318. The van der Waals surface area contributed by atoms with Gasteiger partial charge in [-0.25, -0.2) is 9.67 Å². The fourth-order valence-electron chi connectivity index (χ4n) is 3.24. The van der Waals surface area contributed by atoms with Gasteiger partial charge in [-0.1, -0.05) is 30.3 Å². The first-order valence-corrected chi connectivity index (χ1v) is 9.79. The first-order valence-electron chi connectivity index (χ1n) is 9.79. The van der Waals surface area contributed by atoms with Gasteiger partial charge in [-0.15, -0.1) is 0 Å². The Morgan fingerprint density at radius 2 is 2.07 bits per heavy atom. The number of carbonyl (C=O) groups excluding carboxylic acids is 1. The molecule has 0 radical (unpaired) electrons. The van der Waals surface area contributed by atoms with E-state index < -0.39 is 0 Å². The predicted molar refractivity (Wildman–Crippen MR) is 108 cm³/mol. The first-order chi connectivity index (χ1) is 14.3. The van der Waals surface area contributed by atoms with Crippen LogP contribution >= 0.6 is 0 Å². The molecule has 1 N–H and O–H groups in total. The Balaban J connectivity index is 1.28. The summed E-state index contributed by atoms with van der Waals surface area (Å²) in [5, 5.41) is 7.06. The lowest BCUT2D eigenvalue weighted by Gasteiger charge is -2.12. The highest BCUT2D eigenvalue weighted by Crippen LogP contribution is 2.17. The van der Waals surface area contributed by atoms with E-state index in [2.05, 4.69) is 15.4 Å². The second kappa shape index (κ2) is 9.34. The van der Waals surface area contributed by atoms with Crippen LogP contribution in [0.4, 0.5) is 0 Å². The summed E-state index contributed by atoms with van der Waals surface area (Å²) in [5.41, 5.74) is 2.74. The van der Waals surface area contributed by atoms with Crippen molar-refractivity contribution in [3.63, 3.8) is 0 Å². The van der Waals surface area contributed by atoms with Crippen LogP contribution in [0, 0.1) is 0 Å². The normalized spacial score (nSPS) is 15.9. The van der Waals surface area contributed by atoms with Crippen LogP contribution in [0.1, 0.15) is 34.3 Å². The lowest BCUT2D eigenvalue weighted by atomic mass is 10.1. The molecule has 7 nitrogen and oxygen atoms in total. The Morgan fingerprint density at radius 1 is 1.21 bits per heavy atom. The van der Waals surface area contributed by atoms with Crippen molar-refractivity contribution < 1.29 is 14.3 Å². The third-order valence-electron chi connectivity index (χ3n) is 4.84. The smallest absolute Gasteiger partial charge is 0.251 e. The van der Waals surface area contributed by atoms with Crippen LogP contribution in [0.2, 0.25) is 0 Å². The molecule has 1 unspecified atom stereocenters. The molecule has 2 heterocycles. The maximum Gasteiger partial charge on any atom is 0.251 e. The molecular formula is C22H24N4O3. The summed E-state index contributed by atoms with van der Waals surface area (Å²) in [4.78, 5) is 16.4. The molecule has 2 aromatic carbocycles. The highest BCUT2D eigenvalue weighted by molar-refractivity contribution is 5.94. The maximum absolute atomic E-state index is 12.5. The molecule has 1 aliphatic rings. The fourth-order valence-corrected chi connectivity index (χ4v) is 3.24. The third-order valence-corrected chi connectivity index (χ3v) is 4.84. The van der Waals surface area contributed by atoms with Crippen molar-refractivity contribution in [2.24, 2.45) is 0 Å². The number of hydrogen-bond acceptors (Lipinski definition) is 5. The zero-order valence-corrected chi connectivity index (χ0v) is 16.2. The Kier molecular flexibility index (Phi) is 6.16. The monoisotopic (exact) mass is 392 g/mol. The van der Waals surface area contributed by atoms with E-state index in [0.717, 1.165) is 30.6 Å². The third kappa shape index (κ3) is 5.42. The predicted octanol–water partition coefficient (Wildman–Crippen LogP) is 2.81. The molecule has 150 valence electrons. The molecule has 0 bridgehead atoms. The largest absolute Gasteiger partial charge is 0.491 e. The van der Waals surface area contributed by atoms with Gasteiger partial charge in [0.25, 0.3) is 5.91 Å². The average molecular weight is 392 g/mol. The second-order valence-electron chi connectivity index (χ2n) is 7.07. The summed E-state index contributed by atoms with van der Waals surface area (Å²) in [6.07, 6.45) is 5.47. The zero-order chi connectivity index (χ0) is 19.9. The van der Waals surface area contributed by atoms with Crippen LogP contribution in [0.25, 0.3) is 0 Å². The Hall–Kier alpha value is -3.19. The van der Waals surface area contributed by atoms with Crippen molar-refractivity contribution in [3.8, 4) is 5.75 Å². The van der Waals surface area contributed by atoms with Gasteiger partial charge in [0.15, 0.2) is 0 Å². The van der Waals surface area contributed by atoms with E-state index in [1.807, 2.05) is 36.4 Å². The Labute approximate surface area is 169 Å². The van der Waals surface area contributed by atoms with E-state index in [-0.39, 0.29) is 12.0 Å². The molecule has 1 aromatic heterocycles. The molecule has 1 saturated heterocycles. The van der Waals surface area contributed by atoms with Crippen LogP contribution < -0.4 is 10.1 Å². The van der Waals surface area contributed by atoms with Crippen molar-refractivity contribution in [2.75, 3.05) is 13.2 Å². The molecule has 7 heteroatoms. The molecule has 3 aromatic rings. The lowest BCUT2D eigenvalue weighted by Crippen LogP contribution is -2.23. The highest BCUT2D eigenvalue weighted by atomic mass is 16.5. The number of amides is 1. The van der Waals surface area contributed by atoms with Gasteiger partial charge in [0.2, 0.25) is 0 Å².